The van der Waals surface area contributed by atoms with Crippen molar-refractivity contribution in [1.82, 2.24) is 9.55 Å². The Kier molecular flexibility index (Phi) is 9.91. The quantitative estimate of drug-likeness (QED) is 0.137. The summed E-state index contributed by atoms with van der Waals surface area (Å²) in [5.41, 5.74) is 4.88. The number of benzene rings is 5. The average molecular weight is 654 g/mol. The van der Waals surface area contributed by atoms with Gasteiger partial charge in [0.05, 0.1) is 36.8 Å². The predicted octanol–water partition coefficient (Wildman–Crippen LogP) is 7.12. The summed E-state index contributed by atoms with van der Waals surface area (Å²) in [4.78, 5) is 19.5. The van der Waals surface area contributed by atoms with Crippen LogP contribution in [0.5, 0.6) is 0 Å². The van der Waals surface area contributed by atoms with Gasteiger partial charge < -0.3 is 24.6 Å². The molecule has 2 heterocycles. The smallest absolute Gasteiger partial charge is 0.263 e. The lowest BCUT2D eigenvalue weighted by atomic mass is 9.97. The second-order valence-corrected chi connectivity index (χ2v) is 12.3. The number of nitrogens with zero attached hydrogens (tertiary/aromatic N) is 2. The first-order chi connectivity index (χ1) is 24.1. The maximum atomic E-state index is 14.5. The lowest BCUT2D eigenvalue weighted by Crippen LogP contribution is -2.54. The molecule has 6 aromatic rings. The second kappa shape index (κ2) is 15.0. The number of rotatable bonds is 13. The van der Waals surface area contributed by atoms with Gasteiger partial charge in [-0.15, -0.1) is 0 Å². The molecule has 1 aromatic heterocycles. The Balaban J connectivity index is 1.37. The summed E-state index contributed by atoms with van der Waals surface area (Å²) in [5.74, 6) is 0.525. The van der Waals surface area contributed by atoms with Gasteiger partial charge in [0.2, 0.25) is 0 Å². The Morgan fingerprint density at radius 3 is 1.80 bits per heavy atom. The van der Waals surface area contributed by atoms with Crippen molar-refractivity contribution in [3.63, 3.8) is 0 Å². The summed E-state index contributed by atoms with van der Waals surface area (Å²) < 4.78 is 21.9. The zero-order valence-electron chi connectivity index (χ0n) is 27.3. The van der Waals surface area contributed by atoms with E-state index in [1.165, 1.54) is 0 Å². The molecule has 8 heteroatoms. The molecule has 0 saturated carbocycles. The molecule has 2 N–H and O–H groups in total. The molecular weight excluding hydrogens is 614 g/mol. The number of nitrogens with one attached hydrogen (secondary N) is 1. The van der Waals surface area contributed by atoms with Gasteiger partial charge in [-0.3, -0.25) is 9.36 Å². The van der Waals surface area contributed by atoms with Gasteiger partial charge in [0, 0.05) is 11.3 Å². The fourth-order valence-corrected chi connectivity index (χ4v) is 6.40. The van der Waals surface area contributed by atoms with E-state index in [-0.39, 0.29) is 25.4 Å². The van der Waals surface area contributed by atoms with Gasteiger partial charge in [0.1, 0.15) is 30.3 Å². The van der Waals surface area contributed by atoms with Gasteiger partial charge in [-0.05, 0) is 47.9 Å². The predicted molar refractivity (Wildman–Crippen MR) is 191 cm³/mol. The van der Waals surface area contributed by atoms with Gasteiger partial charge in [-0.25, -0.2) is 4.98 Å². The summed E-state index contributed by atoms with van der Waals surface area (Å²) in [5, 5.41) is 15.5. The van der Waals surface area contributed by atoms with Crippen LogP contribution in [0, 0.1) is 0 Å². The van der Waals surface area contributed by atoms with E-state index in [2.05, 4.69) is 5.32 Å². The summed E-state index contributed by atoms with van der Waals surface area (Å²) >= 11 is 0. The minimum atomic E-state index is -0.950. The zero-order chi connectivity index (χ0) is 33.6. The van der Waals surface area contributed by atoms with E-state index in [0.717, 1.165) is 27.9 Å². The molecule has 5 unspecified atom stereocenters. The molecule has 0 fully saturated rings. The number of aromatic nitrogens is 2. The standard InChI is InChI=1S/C41H39N3O5/c1-28(45)36(47-25-29-15-5-2-6-16-29)37(48-26-30-17-7-3-8-18-30)38(49-27-31-19-9-4-10-20-31)40-43-34-23-13-11-21-32(34)39-42-35-24-14-12-22-33(35)41(46)44(39)40/h2-24,28,36-38,40,43,45H,25-27H2,1H3. The number of aliphatic hydroxyl groups excluding tert-OH is 1. The van der Waals surface area contributed by atoms with Crippen LogP contribution in [0.1, 0.15) is 29.8 Å². The first kappa shape index (κ1) is 32.4. The highest BCUT2D eigenvalue weighted by atomic mass is 16.6. The molecule has 0 saturated heterocycles. The zero-order valence-corrected chi connectivity index (χ0v) is 27.3. The number of fused-ring (bicyclic) bond motifs is 4. The van der Waals surface area contributed by atoms with Crippen LogP contribution >= 0.6 is 0 Å². The molecule has 0 spiro atoms. The first-order valence-corrected chi connectivity index (χ1v) is 16.6. The van der Waals surface area contributed by atoms with Crippen LogP contribution in [0.2, 0.25) is 0 Å². The second-order valence-electron chi connectivity index (χ2n) is 12.3. The normalized spacial score (nSPS) is 16.2. The summed E-state index contributed by atoms with van der Waals surface area (Å²) in [6, 6.07) is 44.7. The molecule has 1 aliphatic heterocycles. The van der Waals surface area contributed by atoms with Crippen molar-refractivity contribution in [2.75, 3.05) is 5.32 Å². The molecule has 5 atom stereocenters. The van der Waals surface area contributed by atoms with E-state index in [1.807, 2.05) is 133 Å². The van der Waals surface area contributed by atoms with Gasteiger partial charge in [0.25, 0.3) is 5.56 Å². The van der Waals surface area contributed by atoms with Crippen LogP contribution in [0.15, 0.2) is 144 Å². The van der Waals surface area contributed by atoms with Crippen LogP contribution < -0.4 is 10.9 Å². The molecule has 248 valence electrons. The van der Waals surface area contributed by atoms with Crippen LogP contribution in [0.4, 0.5) is 5.69 Å². The highest BCUT2D eigenvalue weighted by molar-refractivity contribution is 5.83. The van der Waals surface area contributed by atoms with Crippen molar-refractivity contribution in [3.8, 4) is 11.4 Å². The number of anilines is 1. The lowest BCUT2D eigenvalue weighted by Gasteiger charge is -2.42. The first-order valence-electron chi connectivity index (χ1n) is 16.6. The lowest BCUT2D eigenvalue weighted by molar-refractivity contribution is -0.184. The number of ether oxygens (including phenoxy) is 3. The Morgan fingerprint density at radius 1 is 0.673 bits per heavy atom. The maximum absolute atomic E-state index is 14.5. The number of para-hydroxylation sites is 2. The molecule has 49 heavy (non-hydrogen) atoms. The van der Waals surface area contributed by atoms with E-state index < -0.39 is 30.6 Å². The summed E-state index contributed by atoms with van der Waals surface area (Å²) in [6.07, 6.45) is -4.25. The SMILES string of the molecule is CC(O)C(OCc1ccccc1)C(OCc1ccccc1)C(OCc1ccccc1)C1Nc2ccccc2-c2nc3ccccc3c(=O)n21. The van der Waals surface area contributed by atoms with Gasteiger partial charge in [0.15, 0.2) is 0 Å². The van der Waals surface area contributed by atoms with Crippen molar-refractivity contribution in [1.29, 1.82) is 0 Å². The summed E-state index contributed by atoms with van der Waals surface area (Å²) in [6.45, 7) is 2.40. The molecule has 1 aliphatic rings. The van der Waals surface area contributed by atoms with Crippen molar-refractivity contribution in [2.45, 2.75) is 57.3 Å². The maximum Gasteiger partial charge on any atom is 0.263 e. The molecular formula is C41H39N3O5. The molecule has 0 radical (unpaired) electrons. The van der Waals surface area contributed by atoms with Crippen LogP contribution in [0.25, 0.3) is 22.3 Å². The van der Waals surface area contributed by atoms with Gasteiger partial charge >= 0.3 is 0 Å². The van der Waals surface area contributed by atoms with Crippen molar-refractivity contribution in [3.05, 3.63) is 167 Å². The largest absolute Gasteiger partial charge is 0.391 e. The van der Waals surface area contributed by atoms with Crippen LogP contribution in [0.3, 0.4) is 0 Å². The van der Waals surface area contributed by atoms with E-state index in [0.29, 0.717) is 16.7 Å². The Labute approximate surface area is 285 Å². The molecule has 0 aliphatic carbocycles. The van der Waals surface area contributed by atoms with Crippen molar-refractivity contribution in [2.24, 2.45) is 0 Å². The van der Waals surface area contributed by atoms with E-state index in [1.54, 1.807) is 17.6 Å². The highest BCUT2D eigenvalue weighted by Crippen LogP contribution is 2.38. The van der Waals surface area contributed by atoms with Gasteiger partial charge in [-0.2, -0.15) is 0 Å². The average Bonchev–Trinajstić information content (AvgIpc) is 3.14. The monoisotopic (exact) mass is 653 g/mol. The third-order valence-electron chi connectivity index (χ3n) is 8.85. The Morgan fingerprint density at radius 2 is 1.18 bits per heavy atom. The number of hydrogen-bond acceptors (Lipinski definition) is 7. The van der Waals surface area contributed by atoms with E-state index >= 15 is 0 Å². The number of aliphatic hydroxyl groups is 1. The van der Waals surface area contributed by atoms with Gasteiger partial charge in [-0.1, -0.05) is 115 Å². The molecule has 5 aromatic carbocycles. The topological polar surface area (TPSA) is 94.8 Å². The summed E-state index contributed by atoms with van der Waals surface area (Å²) in [7, 11) is 0. The van der Waals surface area contributed by atoms with Crippen molar-refractivity contribution >= 4 is 16.6 Å². The Hall–Kier alpha value is -5.12. The van der Waals surface area contributed by atoms with Crippen LogP contribution in [-0.2, 0) is 34.0 Å². The Bertz CT molecular complexity index is 2040. The fraction of sp³-hybridized carbons (Fsp3) is 0.220. The van der Waals surface area contributed by atoms with E-state index in [9.17, 15) is 9.90 Å². The number of hydrogen-bond donors (Lipinski definition) is 2. The molecule has 0 amide bonds. The minimum Gasteiger partial charge on any atom is -0.391 e. The third kappa shape index (κ3) is 7.18. The molecule has 7 rings (SSSR count). The van der Waals surface area contributed by atoms with E-state index in [4.69, 9.17) is 19.2 Å². The molecule has 8 nitrogen and oxygen atoms in total. The fourth-order valence-electron chi connectivity index (χ4n) is 6.40. The van der Waals surface area contributed by atoms with Crippen molar-refractivity contribution < 1.29 is 19.3 Å². The van der Waals surface area contributed by atoms with Crippen LogP contribution in [-0.4, -0.2) is 39.1 Å². The third-order valence-corrected chi connectivity index (χ3v) is 8.85. The molecule has 0 bridgehead atoms. The highest BCUT2D eigenvalue weighted by Gasteiger charge is 2.43. The minimum absolute atomic E-state index is 0.207.